The second kappa shape index (κ2) is 11.3. The van der Waals surface area contributed by atoms with Gasteiger partial charge in [-0.2, -0.15) is 0 Å². The lowest BCUT2D eigenvalue weighted by Crippen LogP contribution is -2.51. The van der Waals surface area contributed by atoms with E-state index in [1.807, 2.05) is 6.20 Å². The van der Waals surface area contributed by atoms with Crippen molar-refractivity contribution in [3.63, 3.8) is 0 Å². The lowest BCUT2D eigenvalue weighted by atomic mass is 9.13. The van der Waals surface area contributed by atoms with E-state index in [1.165, 1.54) is 32.9 Å². The Labute approximate surface area is 234 Å². The zero-order valence-electron chi connectivity index (χ0n) is 25.4. The number of aromatic amines is 1. The predicted molar refractivity (Wildman–Crippen MR) is 192 cm³/mol. The molecule has 2 heterocycles. The third-order valence-electron chi connectivity index (χ3n) is 9.85. The number of fused-ring (bicyclic) bond motifs is 1. The highest BCUT2D eigenvalue weighted by molar-refractivity contribution is 6.70. The van der Waals surface area contributed by atoms with Crippen molar-refractivity contribution >= 4 is 119 Å². The van der Waals surface area contributed by atoms with Gasteiger partial charge in [-0.1, -0.05) is 33.1 Å². The van der Waals surface area contributed by atoms with E-state index < -0.39 is 0 Å². The van der Waals surface area contributed by atoms with E-state index in [4.69, 9.17) is 15.7 Å². The summed E-state index contributed by atoms with van der Waals surface area (Å²) in [5, 5.41) is 0.150. The van der Waals surface area contributed by atoms with Crippen molar-refractivity contribution in [3.05, 3.63) is 35.4 Å². The van der Waals surface area contributed by atoms with E-state index in [0.717, 1.165) is 56.1 Å². The van der Waals surface area contributed by atoms with Crippen LogP contribution in [0.25, 0.3) is 11.0 Å². The predicted octanol–water partition coefficient (Wildman–Crippen LogP) is -10.5. The molecule has 0 bridgehead atoms. The molecular weight excluding hydrogens is 441 g/mol. The number of benzene rings is 1. The summed E-state index contributed by atoms with van der Waals surface area (Å²) in [5.41, 5.74) is 15.9. The van der Waals surface area contributed by atoms with Crippen molar-refractivity contribution in [1.29, 1.82) is 0 Å². The standard InChI is InChI=1S/C21H40B11N5/c22-13-14(23)16(25)18-17(15(13)24)35-12(36-18)9-37(7-2-1-5-33)8-11-10(4-3-6-34-11)19(26,27)20(28,29)21(30,31)32/h3-4,6H,1-2,5,7-9,22-33H2,(H,35,36). The maximum Gasteiger partial charge on any atom is 0.141 e. The van der Waals surface area contributed by atoms with Crippen LogP contribution in [0.2, 0.25) is 10.3 Å². The van der Waals surface area contributed by atoms with Crippen molar-refractivity contribution in [2.45, 2.75) is 41.5 Å². The van der Waals surface area contributed by atoms with Crippen LogP contribution in [0.3, 0.4) is 0 Å². The Bertz CT molecular complexity index is 1210. The van der Waals surface area contributed by atoms with Crippen molar-refractivity contribution in [2.24, 2.45) is 5.73 Å². The fourth-order valence-electron chi connectivity index (χ4n) is 5.49. The molecule has 0 saturated carbocycles. The van der Waals surface area contributed by atoms with Crippen LogP contribution in [0, 0.1) is 0 Å². The van der Waals surface area contributed by atoms with E-state index in [2.05, 4.69) is 108 Å². The lowest BCUT2D eigenvalue weighted by Gasteiger charge is -2.53. The van der Waals surface area contributed by atoms with Gasteiger partial charge in [0.15, 0.2) is 0 Å². The zero-order valence-corrected chi connectivity index (χ0v) is 25.4. The van der Waals surface area contributed by atoms with Gasteiger partial charge >= 0.3 is 0 Å². The molecule has 5 nitrogen and oxygen atoms in total. The second-order valence-electron chi connectivity index (χ2n) is 13.1. The molecule has 0 radical (unpaired) electrons. The summed E-state index contributed by atoms with van der Waals surface area (Å²) >= 11 is 0. The second-order valence-corrected chi connectivity index (χ2v) is 13.1. The summed E-state index contributed by atoms with van der Waals surface area (Å²) < 4.78 is 0. The van der Waals surface area contributed by atoms with Crippen LogP contribution in [0.4, 0.5) is 0 Å². The van der Waals surface area contributed by atoms with Crippen LogP contribution in [0.15, 0.2) is 18.3 Å². The minimum absolute atomic E-state index is 0.0551. The first kappa shape index (κ1) is 30.0. The molecule has 0 spiro atoms. The van der Waals surface area contributed by atoms with Crippen LogP contribution < -0.4 is 27.6 Å². The van der Waals surface area contributed by atoms with Crippen molar-refractivity contribution in [3.8, 4) is 0 Å². The first-order valence-corrected chi connectivity index (χ1v) is 13.9. The van der Waals surface area contributed by atoms with E-state index in [0.29, 0.717) is 0 Å². The lowest BCUT2D eigenvalue weighted by molar-refractivity contribution is 0.242. The SMILES string of the molecule is Bc1c(B)c(B)c2[nH]c(CN(CCCCN)Cc3ncccc3C(B)(B)C(B)(B)C(B)(B)B)nc2c1B. The summed E-state index contributed by atoms with van der Waals surface area (Å²) in [6, 6.07) is 4.38. The molecule has 3 rings (SSSR count). The van der Waals surface area contributed by atoms with Gasteiger partial charge in [0, 0.05) is 12.7 Å². The fourth-order valence-corrected chi connectivity index (χ4v) is 5.49. The zero-order chi connectivity index (χ0) is 27.8. The maximum absolute atomic E-state index is 5.85. The Morgan fingerprint density at radius 2 is 1.51 bits per heavy atom. The molecule has 0 fully saturated rings. The Balaban J connectivity index is 1.99. The average molecular weight is 482 g/mol. The number of imidazole rings is 1. The van der Waals surface area contributed by atoms with Crippen LogP contribution in [-0.2, 0) is 18.3 Å². The monoisotopic (exact) mass is 483 g/mol. The molecule has 0 amide bonds. The van der Waals surface area contributed by atoms with Crippen LogP contribution >= 0.6 is 0 Å². The molecule has 16 heteroatoms. The quantitative estimate of drug-likeness (QED) is 0.211. The van der Waals surface area contributed by atoms with E-state index in [1.54, 1.807) is 0 Å². The summed E-state index contributed by atoms with van der Waals surface area (Å²) in [7, 11) is 25.4. The number of H-pyrrole nitrogens is 1. The van der Waals surface area contributed by atoms with Crippen LogP contribution in [0.5, 0.6) is 0 Å². The number of nitrogens with two attached hydrogens (primary N) is 1. The summed E-state index contributed by atoms with van der Waals surface area (Å²) in [6.45, 7) is 3.23. The van der Waals surface area contributed by atoms with Gasteiger partial charge in [-0.3, -0.25) is 9.88 Å². The molecule has 0 saturated heterocycles. The molecule has 0 aliphatic heterocycles. The fraction of sp³-hybridized carbons (Fsp3) is 0.429. The minimum Gasteiger partial charge on any atom is -0.341 e. The van der Waals surface area contributed by atoms with Crippen molar-refractivity contribution in [2.75, 3.05) is 13.1 Å². The molecule has 0 atom stereocenters. The summed E-state index contributed by atoms with van der Waals surface area (Å²) in [6.07, 6.45) is 4.02. The van der Waals surface area contributed by atoms with Gasteiger partial charge in [0.25, 0.3) is 0 Å². The highest BCUT2D eigenvalue weighted by Gasteiger charge is 2.46. The number of pyridine rings is 1. The molecule has 3 N–H and O–H groups in total. The number of hydrogen-bond donors (Lipinski definition) is 2. The molecule has 2 aromatic heterocycles. The van der Waals surface area contributed by atoms with Crippen LogP contribution in [-0.4, -0.2) is 119 Å². The third kappa shape index (κ3) is 5.90. The normalized spacial score (nSPS) is 12.9. The molecule has 37 heavy (non-hydrogen) atoms. The molecule has 0 unspecified atom stereocenters. The van der Waals surface area contributed by atoms with E-state index >= 15 is 0 Å². The van der Waals surface area contributed by atoms with Gasteiger partial charge in [0.1, 0.15) is 52.9 Å². The maximum atomic E-state index is 5.85. The number of nitrogens with zero attached hydrogens (tertiary/aromatic N) is 3. The number of nitrogens with one attached hydrogen (secondary N) is 1. The highest BCUT2D eigenvalue weighted by atomic mass is 15.2. The molecule has 182 valence electrons. The molecule has 0 aliphatic rings. The topological polar surface area (TPSA) is 70.8 Å². The van der Waals surface area contributed by atoms with Gasteiger partial charge in [-0.25, -0.2) is 4.98 Å². The first-order valence-electron chi connectivity index (χ1n) is 13.9. The minimum atomic E-state index is -0.0551. The van der Waals surface area contributed by atoms with E-state index in [9.17, 15) is 0 Å². The number of aromatic nitrogens is 3. The average Bonchev–Trinajstić information content (AvgIpc) is 3.25. The van der Waals surface area contributed by atoms with Gasteiger partial charge in [0.05, 0.1) is 62.5 Å². The number of rotatable bonds is 11. The molecule has 0 aliphatic carbocycles. The Morgan fingerprint density at radius 3 is 2.14 bits per heavy atom. The van der Waals surface area contributed by atoms with Crippen LogP contribution in [0.1, 0.15) is 29.9 Å². The van der Waals surface area contributed by atoms with Gasteiger partial charge in [-0.15, -0.1) is 10.3 Å². The Morgan fingerprint density at radius 1 is 0.865 bits per heavy atom. The van der Waals surface area contributed by atoms with Gasteiger partial charge in [0.2, 0.25) is 0 Å². The molecule has 1 aromatic carbocycles. The number of hydrogen-bond acceptors (Lipinski definition) is 4. The summed E-state index contributed by atoms with van der Waals surface area (Å²) in [4.78, 5) is 16.2. The molecule has 3 aromatic rings. The molecular formula is C21H40B11N5. The van der Waals surface area contributed by atoms with E-state index in [-0.39, 0.29) is 15.5 Å². The Kier molecular flexibility index (Phi) is 9.17. The van der Waals surface area contributed by atoms with Crippen molar-refractivity contribution in [1.82, 2.24) is 19.9 Å². The first-order chi connectivity index (χ1) is 17.1. The summed E-state index contributed by atoms with van der Waals surface area (Å²) in [5.74, 6) is 1.02. The van der Waals surface area contributed by atoms with Gasteiger partial charge < -0.3 is 10.7 Å². The largest absolute Gasteiger partial charge is 0.341 e. The highest BCUT2D eigenvalue weighted by Crippen LogP contribution is 2.51. The smallest absolute Gasteiger partial charge is 0.141 e. The number of unbranched alkanes of at least 4 members (excludes halogenated alkanes) is 1. The van der Waals surface area contributed by atoms with Crippen molar-refractivity contribution < 1.29 is 0 Å². The van der Waals surface area contributed by atoms with Gasteiger partial charge in [-0.05, 0) is 37.6 Å². The third-order valence-corrected chi connectivity index (χ3v) is 9.85. The Hall–Kier alpha value is -1.53.